The molecule has 1 aliphatic rings. The summed E-state index contributed by atoms with van der Waals surface area (Å²) in [4.78, 5) is 3.94. The number of thiophene rings is 1. The fourth-order valence-electron chi connectivity index (χ4n) is 2.76. The molecule has 1 fully saturated rings. The quantitative estimate of drug-likeness (QED) is 0.890. The number of hydrogen-bond acceptors (Lipinski definition) is 5. The van der Waals surface area contributed by atoms with E-state index in [1.165, 1.54) is 4.88 Å². The summed E-state index contributed by atoms with van der Waals surface area (Å²) >= 11 is 1.83. The first-order valence-electron chi connectivity index (χ1n) is 7.45. The highest BCUT2D eigenvalue weighted by atomic mass is 32.1. The molecule has 2 unspecified atom stereocenters. The van der Waals surface area contributed by atoms with Gasteiger partial charge in [0.15, 0.2) is 0 Å². The number of furan rings is 1. The fraction of sp³-hybridized carbons (Fsp3) is 0.500. The summed E-state index contributed by atoms with van der Waals surface area (Å²) in [6.45, 7) is 6.65. The van der Waals surface area contributed by atoms with E-state index < -0.39 is 0 Å². The Labute approximate surface area is 129 Å². The summed E-state index contributed by atoms with van der Waals surface area (Å²) in [5.74, 6) is 0.982. The molecule has 3 rings (SSSR count). The first-order chi connectivity index (χ1) is 10.3. The van der Waals surface area contributed by atoms with E-state index in [0.29, 0.717) is 12.1 Å². The van der Waals surface area contributed by atoms with Crippen LogP contribution in [0.5, 0.6) is 0 Å². The van der Waals surface area contributed by atoms with E-state index in [9.17, 15) is 0 Å². The van der Waals surface area contributed by atoms with Gasteiger partial charge in [0.2, 0.25) is 0 Å². The van der Waals surface area contributed by atoms with Crippen molar-refractivity contribution in [3.8, 4) is 0 Å². The smallest absolute Gasteiger partial charge is 0.117 e. The lowest BCUT2D eigenvalue weighted by Gasteiger charge is -2.37. The second-order valence-corrected chi connectivity index (χ2v) is 6.40. The predicted octanol–water partition coefficient (Wildman–Crippen LogP) is 2.89. The van der Waals surface area contributed by atoms with Crippen molar-refractivity contribution in [1.82, 2.24) is 10.2 Å². The maximum Gasteiger partial charge on any atom is 0.117 e. The molecule has 0 aliphatic carbocycles. The van der Waals surface area contributed by atoms with Crippen LogP contribution in [0.1, 0.15) is 23.6 Å². The zero-order valence-electron chi connectivity index (χ0n) is 12.3. The summed E-state index contributed by atoms with van der Waals surface area (Å²) in [6.07, 6.45) is 2.03. The Morgan fingerprint density at radius 2 is 2.38 bits per heavy atom. The van der Waals surface area contributed by atoms with Crippen LogP contribution in [0, 0.1) is 0 Å². The lowest BCUT2D eigenvalue weighted by atomic mass is 10.1. The standard InChI is InChI=1S/C16H22N2O2S/c1-13-12-18(6-8-19-13)15(16-5-3-9-21-16)11-17-10-14-4-2-7-20-14/h2-5,7,9,13,15,17H,6,8,10-12H2,1H3. The van der Waals surface area contributed by atoms with Crippen molar-refractivity contribution in [2.75, 3.05) is 26.2 Å². The molecule has 5 heteroatoms. The van der Waals surface area contributed by atoms with E-state index in [0.717, 1.165) is 38.5 Å². The van der Waals surface area contributed by atoms with Crippen LogP contribution >= 0.6 is 11.3 Å². The average Bonchev–Trinajstić information content (AvgIpc) is 3.17. The van der Waals surface area contributed by atoms with Crippen LogP contribution < -0.4 is 5.32 Å². The highest BCUT2D eigenvalue weighted by Crippen LogP contribution is 2.26. The molecule has 114 valence electrons. The molecular formula is C16H22N2O2S. The molecule has 2 aromatic heterocycles. The van der Waals surface area contributed by atoms with Crippen molar-refractivity contribution >= 4 is 11.3 Å². The Bertz CT molecular complexity index is 512. The molecule has 0 spiro atoms. The van der Waals surface area contributed by atoms with Gasteiger partial charge in [-0.2, -0.15) is 0 Å². The van der Waals surface area contributed by atoms with Gasteiger partial charge in [-0.3, -0.25) is 4.90 Å². The predicted molar refractivity (Wildman–Crippen MR) is 84.5 cm³/mol. The van der Waals surface area contributed by atoms with Gasteiger partial charge in [-0.1, -0.05) is 6.07 Å². The maximum atomic E-state index is 5.67. The number of morpholine rings is 1. The Balaban J connectivity index is 1.62. The minimum absolute atomic E-state index is 0.311. The van der Waals surface area contributed by atoms with Gasteiger partial charge in [0.05, 0.1) is 31.6 Å². The van der Waals surface area contributed by atoms with Gasteiger partial charge in [-0.25, -0.2) is 0 Å². The second-order valence-electron chi connectivity index (χ2n) is 5.42. The molecule has 3 heterocycles. The summed E-state index contributed by atoms with van der Waals surface area (Å²) in [5.41, 5.74) is 0. The minimum atomic E-state index is 0.311. The van der Waals surface area contributed by atoms with Crippen LogP contribution in [0.25, 0.3) is 0 Å². The SMILES string of the molecule is CC1CN(C(CNCc2ccco2)c2cccs2)CCO1. The molecule has 21 heavy (non-hydrogen) atoms. The highest BCUT2D eigenvalue weighted by Gasteiger charge is 2.25. The topological polar surface area (TPSA) is 37.6 Å². The summed E-state index contributed by atoms with van der Waals surface area (Å²) in [6, 6.07) is 8.70. The lowest BCUT2D eigenvalue weighted by Crippen LogP contribution is -2.45. The molecule has 0 aromatic carbocycles. The van der Waals surface area contributed by atoms with Crippen LogP contribution in [0.2, 0.25) is 0 Å². The van der Waals surface area contributed by atoms with Crippen molar-refractivity contribution < 1.29 is 9.15 Å². The largest absolute Gasteiger partial charge is 0.468 e. The van der Waals surface area contributed by atoms with Gasteiger partial charge in [-0.15, -0.1) is 11.3 Å². The maximum absolute atomic E-state index is 5.67. The molecule has 0 radical (unpaired) electrons. The summed E-state index contributed by atoms with van der Waals surface area (Å²) in [7, 11) is 0. The number of nitrogens with zero attached hydrogens (tertiary/aromatic N) is 1. The molecule has 1 saturated heterocycles. The molecule has 1 aliphatic heterocycles. The number of ether oxygens (including phenoxy) is 1. The van der Waals surface area contributed by atoms with Crippen molar-refractivity contribution in [1.29, 1.82) is 0 Å². The molecule has 2 aromatic rings. The molecule has 2 atom stereocenters. The van der Waals surface area contributed by atoms with Crippen LogP contribution in [0.15, 0.2) is 40.3 Å². The van der Waals surface area contributed by atoms with E-state index in [1.807, 2.05) is 23.5 Å². The monoisotopic (exact) mass is 306 g/mol. The highest BCUT2D eigenvalue weighted by molar-refractivity contribution is 7.10. The first-order valence-corrected chi connectivity index (χ1v) is 8.33. The van der Waals surface area contributed by atoms with Crippen LogP contribution in [-0.4, -0.2) is 37.2 Å². The number of hydrogen-bond donors (Lipinski definition) is 1. The molecule has 0 amide bonds. The third-order valence-corrected chi connectivity index (χ3v) is 4.78. The van der Waals surface area contributed by atoms with Crippen molar-refractivity contribution in [2.24, 2.45) is 0 Å². The molecule has 0 bridgehead atoms. The van der Waals surface area contributed by atoms with Crippen LogP contribution in [0.4, 0.5) is 0 Å². The first kappa shape index (κ1) is 14.8. The summed E-state index contributed by atoms with van der Waals surface area (Å²) in [5, 5.41) is 5.67. The molecule has 4 nitrogen and oxygen atoms in total. The Kier molecular flexibility index (Phi) is 5.08. The van der Waals surface area contributed by atoms with Gasteiger partial charge >= 0.3 is 0 Å². The van der Waals surface area contributed by atoms with E-state index in [4.69, 9.17) is 9.15 Å². The van der Waals surface area contributed by atoms with Crippen LogP contribution in [0.3, 0.4) is 0 Å². The fourth-order valence-corrected chi connectivity index (χ4v) is 3.63. The Hall–Kier alpha value is -1.14. The van der Waals surface area contributed by atoms with Gasteiger partial charge < -0.3 is 14.5 Å². The lowest BCUT2D eigenvalue weighted by molar-refractivity contribution is -0.0340. The molecule has 0 saturated carbocycles. The van der Waals surface area contributed by atoms with Crippen molar-refractivity contribution in [3.63, 3.8) is 0 Å². The van der Waals surface area contributed by atoms with E-state index in [2.05, 4.69) is 34.7 Å². The van der Waals surface area contributed by atoms with Gasteiger partial charge in [-0.05, 0) is 30.5 Å². The normalized spacial score (nSPS) is 21.5. The third-order valence-electron chi connectivity index (χ3n) is 3.80. The number of nitrogens with one attached hydrogen (secondary N) is 1. The Morgan fingerprint density at radius 3 is 3.10 bits per heavy atom. The van der Waals surface area contributed by atoms with E-state index in [1.54, 1.807) is 6.26 Å². The van der Waals surface area contributed by atoms with E-state index >= 15 is 0 Å². The van der Waals surface area contributed by atoms with E-state index in [-0.39, 0.29) is 0 Å². The van der Waals surface area contributed by atoms with Gasteiger partial charge in [0.1, 0.15) is 5.76 Å². The second kappa shape index (κ2) is 7.22. The zero-order valence-corrected chi connectivity index (χ0v) is 13.1. The third kappa shape index (κ3) is 3.95. The van der Waals surface area contributed by atoms with Crippen LogP contribution in [-0.2, 0) is 11.3 Å². The minimum Gasteiger partial charge on any atom is -0.468 e. The summed E-state index contributed by atoms with van der Waals surface area (Å²) < 4.78 is 11.0. The average molecular weight is 306 g/mol. The van der Waals surface area contributed by atoms with Gasteiger partial charge in [0.25, 0.3) is 0 Å². The van der Waals surface area contributed by atoms with Gasteiger partial charge in [0, 0.05) is 24.5 Å². The van der Waals surface area contributed by atoms with Crippen molar-refractivity contribution in [3.05, 3.63) is 46.5 Å². The number of rotatable bonds is 6. The molecular weight excluding hydrogens is 284 g/mol. The zero-order chi connectivity index (χ0) is 14.5. The molecule has 1 N–H and O–H groups in total. The van der Waals surface area contributed by atoms with Crippen molar-refractivity contribution in [2.45, 2.75) is 25.6 Å². The Morgan fingerprint density at radius 1 is 1.43 bits per heavy atom.